The largest absolute Gasteiger partial charge is 0.490 e. The number of halogens is 2. The van der Waals surface area contributed by atoms with Crippen molar-refractivity contribution in [1.82, 2.24) is 0 Å². The van der Waals surface area contributed by atoms with Crippen LogP contribution in [0.15, 0.2) is 42.5 Å². The lowest BCUT2D eigenvalue weighted by Gasteiger charge is -2.07. The minimum Gasteiger partial charge on any atom is -0.490 e. The molecule has 1 fully saturated rings. The maximum atomic E-state index is 12.4. The van der Waals surface area contributed by atoms with Crippen LogP contribution in [-0.2, 0) is 0 Å². The van der Waals surface area contributed by atoms with E-state index >= 15 is 0 Å². The first-order chi connectivity index (χ1) is 9.63. The maximum absolute atomic E-state index is 12.4. The summed E-state index contributed by atoms with van der Waals surface area (Å²) in [5, 5.41) is 0.599. The minimum absolute atomic E-state index is 0.0375. The van der Waals surface area contributed by atoms with Crippen LogP contribution in [0.3, 0.4) is 0 Å². The third-order valence-electron chi connectivity index (χ3n) is 3.11. The van der Waals surface area contributed by atoms with Crippen molar-refractivity contribution in [3.63, 3.8) is 0 Å². The highest BCUT2D eigenvalue weighted by molar-refractivity contribution is 14.1. The monoisotopic (exact) mass is 398 g/mol. The normalized spacial score (nSPS) is 14.1. The molecule has 0 amide bonds. The van der Waals surface area contributed by atoms with Gasteiger partial charge < -0.3 is 4.74 Å². The van der Waals surface area contributed by atoms with Crippen molar-refractivity contribution in [3.05, 3.63) is 62.2 Å². The second kappa shape index (κ2) is 5.74. The molecule has 20 heavy (non-hydrogen) atoms. The average Bonchev–Trinajstić information content (AvgIpc) is 3.25. The number of benzene rings is 2. The first-order valence-corrected chi connectivity index (χ1v) is 7.85. The Balaban J connectivity index is 1.86. The predicted octanol–water partition coefficient (Wildman–Crippen LogP) is 4.72. The van der Waals surface area contributed by atoms with Crippen molar-refractivity contribution in [2.45, 2.75) is 18.9 Å². The highest BCUT2D eigenvalue weighted by Gasteiger charge is 2.23. The van der Waals surface area contributed by atoms with Crippen molar-refractivity contribution >= 4 is 40.0 Å². The van der Waals surface area contributed by atoms with Gasteiger partial charge in [0.05, 0.1) is 11.1 Å². The smallest absolute Gasteiger partial charge is 0.193 e. The molecule has 0 saturated heterocycles. The molecule has 0 heterocycles. The van der Waals surface area contributed by atoms with Crippen LogP contribution in [0.4, 0.5) is 0 Å². The summed E-state index contributed by atoms with van der Waals surface area (Å²) >= 11 is 8.21. The first-order valence-electron chi connectivity index (χ1n) is 6.40. The van der Waals surface area contributed by atoms with Gasteiger partial charge in [0.25, 0.3) is 0 Å². The van der Waals surface area contributed by atoms with E-state index in [-0.39, 0.29) is 5.78 Å². The van der Waals surface area contributed by atoms with Gasteiger partial charge >= 0.3 is 0 Å². The number of carbonyl (C=O) groups is 1. The zero-order valence-electron chi connectivity index (χ0n) is 10.6. The molecule has 0 unspecified atom stereocenters. The summed E-state index contributed by atoms with van der Waals surface area (Å²) in [5.74, 6) is 0.722. The molecule has 0 bridgehead atoms. The number of hydrogen-bond donors (Lipinski definition) is 0. The lowest BCUT2D eigenvalue weighted by atomic mass is 10.0. The van der Waals surface area contributed by atoms with Crippen molar-refractivity contribution in [1.29, 1.82) is 0 Å². The van der Waals surface area contributed by atoms with E-state index in [2.05, 4.69) is 22.6 Å². The summed E-state index contributed by atoms with van der Waals surface area (Å²) in [6.45, 7) is 0. The molecule has 0 N–H and O–H groups in total. The van der Waals surface area contributed by atoms with Crippen molar-refractivity contribution in [2.24, 2.45) is 0 Å². The Morgan fingerprint density at radius 2 is 1.90 bits per heavy atom. The van der Waals surface area contributed by atoms with E-state index in [4.69, 9.17) is 16.3 Å². The predicted molar refractivity (Wildman–Crippen MR) is 87.7 cm³/mol. The third kappa shape index (κ3) is 3.15. The summed E-state index contributed by atoms with van der Waals surface area (Å²) in [5.41, 5.74) is 1.22. The molecule has 0 spiro atoms. The second-order valence-corrected chi connectivity index (χ2v) is 6.37. The van der Waals surface area contributed by atoms with Crippen LogP contribution >= 0.6 is 34.2 Å². The quantitative estimate of drug-likeness (QED) is 0.550. The molecule has 2 aromatic rings. The van der Waals surface area contributed by atoms with E-state index < -0.39 is 0 Å². The fourth-order valence-electron chi connectivity index (χ4n) is 1.89. The van der Waals surface area contributed by atoms with E-state index in [1.54, 1.807) is 24.3 Å². The summed E-state index contributed by atoms with van der Waals surface area (Å²) in [4.78, 5) is 12.4. The molecular weight excluding hydrogens is 387 g/mol. The van der Waals surface area contributed by atoms with Crippen LogP contribution in [0.1, 0.15) is 28.8 Å². The fourth-order valence-corrected chi connectivity index (χ4v) is 2.41. The van der Waals surface area contributed by atoms with Gasteiger partial charge in [0.2, 0.25) is 0 Å². The molecule has 1 saturated carbocycles. The first kappa shape index (κ1) is 13.9. The van der Waals surface area contributed by atoms with Crippen molar-refractivity contribution in [2.75, 3.05) is 0 Å². The van der Waals surface area contributed by atoms with E-state index in [0.717, 1.165) is 22.2 Å². The second-order valence-electron chi connectivity index (χ2n) is 4.80. The Bertz CT molecular complexity index is 665. The number of carbonyl (C=O) groups excluding carboxylic acids is 1. The van der Waals surface area contributed by atoms with E-state index in [1.165, 1.54) is 0 Å². The van der Waals surface area contributed by atoms with Crippen LogP contribution in [0.5, 0.6) is 5.75 Å². The summed E-state index contributed by atoms with van der Waals surface area (Å²) in [6.07, 6.45) is 2.53. The van der Waals surface area contributed by atoms with Crippen LogP contribution in [-0.4, -0.2) is 11.9 Å². The molecule has 0 atom stereocenters. The van der Waals surface area contributed by atoms with Crippen molar-refractivity contribution < 1.29 is 9.53 Å². The highest BCUT2D eigenvalue weighted by Crippen LogP contribution is 2.28. The molecule has 3 rings (SSSR count). The molecule has 4 heteroatoms. The van der Waals surface area contributed by atoms with Gasteiger partial charge in [0, 0.05) is 14.7 Å². The standard InChI is InChI=1S/C16H12ClIO2/c17-14-9-11(4-7-15(14)18)16(19)10-2-1-3-13(8-10)20-12-5-6-12/h1-4,7-9,12H,5-6H2. The Morgan fingerprint density at radius 3 is 2.60 bits per heavy atom. The van der Waals surface area contributed by atoms with Gasteiger partial charge in [-0.15, -0.1) is 0 Å². The Labute approximate surface area is 136 Å². The lowest BCUT2D eigenvalue weighted by Crippen LogP contribution is -2.03. The zero-order chi connectivity index (χ0) is 14.1. The van der Waals surface area contributed by atoms with Crippen LogP contribution in [0, 0.1) is 3.57 Å². The van der Waals surface area contributed by atoms with Crippen molar-refractivity contribution in [3.8, 4) is 5.75 Å². The number of rotatable bonds is 4. The van der Waals surface area contributed by atoms with Gasteiger partial charge in [-0.05, 0) is 65.8 Å². The molecule has 0 radical (unpaired) electrons. The highest BCUT2D eigenvalue weighted by atomic mass is 127. The zero-order valence-corrected chi connectivity index (χ0v) is 13.5. The van der Waals surface area contributed by atoms with Gasteiger partial charge in [-0.3, -0.25) is 4.79 Å². The number of ether oxygens (including phenoxy) is 1. The SMILES string of the molecule is O=C(c1cccc(OC2CC2)c1)c1ccc(I)c(Cl)c1. The van der Waals surface area contributed by atoms with E-state index in [1.807, 2.05) is 18.2 Å². The molecule has 1 aliphatic carbocycles. The molecular formula is C16H12ClIO2. The lowest BCUT2D eigenvalue weighted by molar-refractivity contribution is 0.103. The van der Waals surface area contributed by atoms with Gasteiger partial charge in [-0.1, -0.05) is 23.7 Å². The third-order valence-corrected chi connectivity index (χ3v) is 4.68. The Kier molecular flexibility index (Phi) is 3.98. The van der Waals surface area contributed by atoms with E-state index in [0.29, 0.717) is 22.3 Å². The molecule has 0 aromatic heterocycles. The van der Waals surface area contributed by atoms with Gasteiger partial charge in [0.1, 0.15) is 5.75 Å². The maximum Gasteiger partial charge on any atom is 0.193 e. The van der Waals surface area contributed by atoms with Crippen LogP contribution < -0.4 is 4.74 Å². The summed E-state index contributed by atoms with van der Waals surface area (Å²) in [7, 11) is 0. The molecule has 2 aromatic carbocycles. The van der Waals surface area contributed by atoms with Gasteiger partial charge in [-0.2, -0.15) is 0 Å². The molecule has 1 aliphatic rings. The fraction of sp³-hybridized carbons (Fsp3) is 0.188. The average molecular weight is 399 g/mol. The Hall–Kier alpha value is -1.07. The Morgan fingerprint density at radius 1 is 1.15 bits per heavy atom. The topological polar surface area (TPSA) is 26.3 Å². The minimum atomic E-state index is -0.0375. The van der Waals surface area contributed by atoms with Gasteiger partial charge in [0.15, 0.2) is 5.78 Å². The summed E-state index contributed by atoms with van der Waals surface area (Å²) in [6, 6.07) is 12.7. The van der Waals surface area contributed by atoms with Gasteiger partial charge in [-0.25, -0.2) is 0 Å². The van der Waals surface area contributed by atoms with Crippen LogP contribution in [0.25, 0.3) is 0 Å². The molecule has 2 nitrogen and oxygen atoms in total. The van der Waals surface area contributed by atoms with E-state index in [9.17, 15) is 4.79 Å². The number of ketones is 1. The molecule has 0 aliphatic heterocycles. The molecule has 102 valence electrons. The number of hydrogen-bond acceptors (Lipinski definition) is 2. The summed E-state index contributed by atoms with van der Waals surface area (Å²) < 4.78 is 6.65. The van der Waals surface area contributed by atoms with Crippen LogP contribution in [0.2, 0.25) is 5.02 Å².